The third-order valence-corrected chi connectivity index (χ3v) is 5.92. The molecule has 162 valence electrons. The Morgan fingerprint density at radius 3 is 2.69 bits per heavy atom. The Labute approximate surface area is 194 Å². The Balaban J connectivity index is 1.81. The highest BCUT2D eigenvalue weighted by atomic mass is 35.5. The maximum Gasteiger partial charge on any atom is 0.325 e. The molecule has 4 rings (SSSR count). The van der Waals surface area contributed by atoms with Crippen LogP contribution in [-0.4, -0.2) is 34.6 Å². The summed E-state index contributed by atoms with van der Waals surface area (Å²) in [6.07, 6.45) is 3.21. The first-order valence-corrected chi connectivity index (χ1v) is 10.4. The van der Waals surface area contributed by atoms with Crippen LogP contribution in [-0.2, 0) is 25.7 Å². The number of carbonyl (C=O) groups is 3. The van der Waals surface area contributed by atoms with Crippen molar-refractivity contribution in [2.75, 3.05) is 12.0 Å². The Hall–Kier alpha value is -3.49. The molecule has 2 aromatic carbocycles. The van der Waals surface area contributed by atoms with Crippen molar-refractivity contribution in [1.82, 2.24) is 9.88 Å². The number of ether oxygens (including phenoxy) is 1. The molecule has 0 bridgehead atoms. The van der Waals surface area contributed by atoms with Gasteiger partial charge in [-0.2, -0.15) is 0 Å². The number of carbonyl (C=O) groups excluding carboxylic acids is 3. The Morgan fingerprint density at radius 1 is 1.19 bits per heavy atom. The number of amides is 2. The number of nitrogens with zero attached hydrogens (tertiary/aromatic N) is 2. The highest BCUT2D eigenvalue weighted by molar-refractivity contribution is 7.80. The molecule has 0 saturated carbocycles. The summed E-state index contributed by atoms with van der Waals surface area (Å²) in [5.74, 6) is -1.57. The monoisotopic (exact) mass is 467 g/mol. The van der Waals surface area contributed by atoms with E-state index in [2.05, 4.69) is 5.32 Å². The second kappa shape index (κ2) is 8.57. The third kappa shape index (κ3) is 3.79. The normalized spacial score (nSPS) is 15.4. The summed E-state index contributed by atoms with van der Waals surface area (Å²) in [5, 5.41) is 3.82. The van der Waals surface area contributed by atoms with Gasteiger partial charge in [0.15, 0.2) is 5.11 Å². The van der Waals surface area contributed by atoms with E-state index in [1.807, 2.05) is 24.3 Å². The molecule has 2 heterocycles. The van der Waals surface area contributed by atoms with E-state index < -0.39 is 17.8 Å². The van der Waals surface area contributed by atoms with Gasteiger partial charge < -0.3 is 9.30 Å². The number of esters is 1. The minimum Gasteiger partial charge on any atom is -0.468 e. The first-order chi connectivity index (χ1) is 15.3. The summed E-state index contributed by atoms with van der Waals surface area (Å²) in [6, 6.07) is 12.5. The molecule has 1 aliphatic heterocycles. The van der Waals surface area contributed by atoms with Crippen LogP contribution in [0.3, 0.4) is 0 Å². The Bertz CT molecular complexity index is 1330. The van der Waals surface area contributed by atoms with E-state index in [9.17, 15) is 14.4 Å². The fourth-order valence-electron chi connectivity index (χ4n) is 3.59. The Morgan fingerprint density at radius 2 is 1.94 bits per heavy atom. The summed E-state index contributed by atoms with van der Waals surface area (Å²) < 4.78 is 6.48. The Kier molecular flexibility index (Phi) is 5.82. The molecule has 1 aromatic heterocycles. The molecule has 0 aliphatic carbocycles. The molecule has 0 atom stereocenters. The van der Waals surface area contributed by atoms with Crippen molar-refractivity contribution in [3.05, 3.63) is 70.4 Å². The van der Waals surface area contributed by atoms with Gasteiger partial charge in [0.2, 0.25) is 0 Å². The second-order valence-corrected chi connectivity index (χ2v) is 7.94. The molecule has 1 aliphatic rings. The van der Waals surface area contributed by atoms with Gasteiger partial charge >= 0.3 is 5.97 Å². The molecule has 1 fully saturated rings. The van der Waals surface area contributed by atoms with Gasteiger partial charge in [0, 0.05) is 27.7 Å². The summed E-state index contributed by atoms with van der Waals surface area (Å²) in [6.45, 7) is 1.77. The molecule has 0 unspecified atom stereocenters. The SMILES string of the molecule is COC(=O)Cn1cc(C=C2C(=O)NC(=S)N(c3cccc(Cl)c3C)C2=O)c2ccccc21. The predicted molar refractivity (Wildman–Crippen MR) is 126 cm³/mol. The van der Waals surface area contributed by atoms with E-state index in [0.717, 1.165) is 10.9 Å². The van der Waals surface area contributed by atoms with E-state index in [-0.39, 0.29) is 17.2 Å². The van der Waals surface area contributed by atoms with E-state index in [0.29, 0.717) is 21.8 Å². The van der Waals surface area contributed by atoms with Gasteiger partial charge in [-0.15, -0.1) is 0 Å². The number of rotatable bonds is 4. The number of para-hydroxylation sites is 1. The number of hydrogen-bond donors (Lipinski definition) is 1. The van der Waals surface area contributed by atoms with Gasteiger partial charge in [-0.1, -0.05) is 35.9 Å². The van der Waals surface area contributed by atoms with Crippen molar-refractivity contribution < 1.29 is 19.1 Å². The molecule has 0 spiro atoms. The summed E-state index contributed by atoms with van der Waals surface area (Å²) in [7, 11) is 1.32. The van der Waals surface area contributed by atoms with Crippen LogP contribution >= 0.6 is 23.8 Å². The number of benzene rings is 2. The van der Waals surface area contributed by atoms with E-state index >= 15 is 0 Å². The zero-order valence-electron chi connectivity index (χ0n) is 17.2. The highest BCUT2D eigenvalue weighted by Crippen LogP contribution is 2.30. The van der Waals surface area contributed by atoms with E-state index in [4.69, 9.17) is 28.6 Å². The largest absolute Gasteiger partial charge is 0.468 e. The molecule has 9 heteroatoms. The van der Waals surface area contributed by atoms with Crippen LogP contribution in [0.2, 0.25) is 5.02 Å². The molecule has 32 heavy (non-hydrogen) atoms. The quantitative estimate of drug-likeness (QED) is 0.274. The van der Waals surface area contributed by atoms with Crippen molar-refractivity contribution in [2.45, 2.75) is 13.5 Å². The fourth-order valence-corrected chi connectivity index (χ4v) is 4.04. The van der Waals surface area contributed by atoms with Gasteiger partial charge in [0.1, 0.15) is 12.1 Å². The lowest BCUT2D eigenvalue weighted by molar-refractivity contribution is -0.141. The maximum atomic E-state index is 13.4. The van der Waals surface area contributed by atoms with E-state index in [1.54, 1.807) is 35.9 Å². The lowest BCUT2D eigenvalue weighted by Crippen LogP contribution is -2.54. The molecule has 1 N–H and O–H groups in total. The van der Waals surface area contributed by atoms with Crippen LogP contribution in [0, 0.1) is 6.92 Å². The minimum absolute atomic E-state index is 0.00174. The number of aromatic nitrogens is 1. The van der Waals surface area contributed by atoms with Gasteiger partial charge in [-0.25, -0.2) is 0 Å². The van der Waals surface area contributed by atoms with E-state index in [1.165, 1.54) is 18.1 Å². The zero-order valence-corrected chi connectivity index (χ0v) is 18.8. The smallest absolute Gasteiger partial charge is 0.325 e. The second-order valence-electron chi connectivity index (χ2n) is 7.15. The first-order valence-electron chi connectivity index (χ1n) is 9.63. The molecular formula is C23H18ClN3O4S. The van der Waals surface area contributed by atoms with Crippen molar-refractivity contribution >= 4 is 69.4 Å². The van der Waals surface area contributed by atoms with Crippen LogP contribution in [0.15, 0.2) is 54.2 Å². The van der Waals surface area contributed by atoms with Crippen molar-refractivity contribution in [1.29, 1.82) is 0 Å². The molecule has 2 amide bonds. The molecule has 1 saturated heterocycles. The number of thiocarbonyl (C=S) groups is 1. The van der Waals surface area contributed by atoms with Crippen molar-refractivity contribution in [3.63, 3.8) is 0 Å². The lowest BCUT2D eigenvalue weighted by Gasteiger charge is -2.30. The van der Waals surface area contributed by atoms with Crippen LogP contribution < -0.4 is 10.2 Å². The average Bonchev–Trinajstić information content (AvgIpc) is 3.11. The summed E-state index contributed by atoms with van der Waals surface area (Å²) in [5.41, 5.74) is 2.45. The molecule has 0 radical (unpaired) electrons. The topological polar surface area (TPSA) is 80.6 Å². The summed E-state index contributed by atoms with van der Waals surface area (Å²) >= 11 is 11.5. The molecule has 3 aromatic rings. The number of anilines is 1. The number of nitrogens with one attached hydrogen (secondary N) is 1. The van der Waals surface area contributed by atoms with Crippen LogP contribution in [0.25, 0.3) is 17.0 Å². The van der Waals surface area contributed by atoms with Gasteiger partial charge in [-0.05, 0) is 49.0 Å². The third-order valence-electron chi connectivity index (χ3n) is 5.23. The molecular weight excluding hydrogens is 450 g/mol. The van der Waals surface area contributed by atoms with Crippen LogP contribution in [0.5, 0.6) is 0 Å². The zero-order chi connectivity index (χ0) is 23.0. The number of halogens is 1. The average molecular weight is 468 g/mol. The lowest BCUT2D eigenvalue weighted by atomic mass is 10.1. The number of hydrogen-bond acceptors (Lipinski definition) is 5. The predicted octanol–water partition coefficient (Wildman–Crippen LogP) is 3.61. The first kappa shape index (κ1) is 21.7. The van der Waals surface area contributed by atoms with Crippen LogP contribution in [0.1, 0.15) is 11.1 Å². The van der Waals surface area contributed by atoms with Crippen molar-refractivity contribution in [3.8, 4) is 0 Å². The van der Waals surface area contributed by atoms with Gasteiger partial charge in [0.05, 0.1) is 12.8 Å². The fraction of sp³-hybridized carbons (Fsp3) is 0.130. The van der Waals surface area contributed by atoms with Crippen molar-refractivity contribution in [2.24, 2.45) is 0 Å². The van der Waals surface area contributed by atoms with Gasteiger partial charge in [-0.3, -0.25) is 24.6 Å². The highest BCUT2D eigenvalue weighted by Gasteiger charge is 2.35. The summed E-state index contributed by atoms with van der Waals surface area (Å²) in [4.78, 5) is 39.1. The van der Waals surface area contributed by atoms with Crippen LogP contribution in [0.4, 0.5) is 5.69 Å². The maximum absolute atomic E-state index is 13.4. The van der Waals surface area contributed by atoms with Gasteiger partial charge in [0.25, 0.3) is 11.8 Å². The molecule has 7 nitrogen and oxygen atoms in total. The minimum atomic E-state index is -0.597. The number of fused-ring (bicyclic) bond motifs is 1. The number of methoxy groups -OCH3 is 1. The standard InChI is InChI=1S/C23H18ClN3O4S/c1-13-17(24)7-5-9-18(13)27-22(30)16(21(29)25-23(27)32)10-14-11-26(12-20(28)31-2)19-8-4-3-6-15(14)19/h3-11H,12H2,1-2H3,(H,25,29,32).